The number of rotatable bonds is 7. The fourth-order valence-electron chi connectivity index (χ4n) is 3.72. The Morgan fingerprint density at radius 1 is 1.29 bits per heavy atom. The second-order valence-electron chi connectivity index (χ2n) is 7.85. The minimum atomic E-state index is -0.958. The summed E-state index contributed by atoms with van der Waals surface area (Å²) in [5, 5.41) is 2.74. The van der Waals surface area contributed by atoms with E-state index in [-0.39, 0.29) is 31.1 Å². The largest absolute Gasteiger partial charge is 0.454 e. The number of hydrogen-bond acceptors (Lipinski definition) is 5. The number of likely N-dealkylation sites (N-methyl/N-ethyl adjacent to an activating group) is 1. The fourth-order valence-corrected chi connectivity index (χ4v) is 3.72. The molecule has 0 aliphatic carbocycles. The van der Waals surface area contributed by atoms with Crippen LogP contribution in [0, 0.1) is 5.92 Å². The van der Waals surface area contributed by atoms with Crippen LogP contribution in [0.3, 0.4) is 0 Å². The summed E-state index contributed by atoms with van der Waals surface area (Å²) in [5.41, 5.74) is -0.0683. The molecule has 1 aromatic rings. The zero-order valence-electron chi connectivity index (χ0n) is 16.8. The summed E-state index contributed by atoms with van der Waals surface area (Å²) in [7, 11) is 0. The van der Waals surface area contributed by atoms with E-state index in [1.54, 1.807) is 11.8 Å². The van der Waals surface area contributed by atoms with Crippen LogP contribution < -0.4 is 14.8 Å². The number of benzene rings is 1. The first-order valence-corrected chi connectivity index (χ1v) is 9.54. The molecule has 2 heterocycles. The quantitative estimate of drug-likeness (QED) is 0.722. The van der Waals surface area contributed by atoms with Crippen molar-refractivity contribution in [3.63, 3.8) is 0 Å². The molecule has 0 unspecified atom stereocenters. The summed E-state index contributed by atoms with van der Waals surface area (Å²) in [6.45, 7) is 8.29. The lowest BCUT2D eigenvalue weighted by Gasteiger charge is -2.25. The normalized spacial score (nSPS) is 20.7. The van der Waals surface area contributed by atoms with Crippen LogP contribution in [0.25, 0.3) is 0 Å². The van der Waals surface area contributed by atoms with Crippen molar-refractivity contribution < 1.29 is 23.9 Å². The Morgan fingerprint density at radius 2 is 2.00 bits per heavy atom. The third-order valence-electron chi connectivity index (χ3n) is 5.00. The highest BCUT2D eigenvalue weighted by Gasteiger charge is 2.48. The second kappa shape index (κ2) is 7.69. The molecule has 28 heavy (non-hydrogen) atoms. The molecule has 4 amide bonds. The molecule has 1 N–H and O–H groups in total. The number of fused-ring (bicyclic) bond motifs is 1. The van der Waals surface area contributed by atoms with Crippen molar-refractivity contribution in [3.05, 3.63) is 23.8 Å². The fraction of sp³-hybridized carbons (Fsp3) is 0.550. The van der Waals surface area contributed by atoms with Crippen molar-refractivity contribution >= 4 is 17.8 Å². The standard InChI is InChI=1S/C20H27N3O5/c1-5-22(10-14-6-7-15-16(8-14)28-12-27-15)17(24)11-23-18(25)20(4,9-13(2)3)21-19(23)26/h6-8,13H,5,9-12H2,1-4H3,(H,21,26)/t20-/m1/s1. The molecule has 8 nitrogen and oxygen atoms in total. The van der Waals surface area contributed by atoms with E-state index in [1.807, 2.05) is 39.0 Å². The van der Waals surface area contributed by atoms with Crippen LogP contribution in [0.2, 0.25) is 0 Å². The molecule has 2 aliphatic rings. The van der Waals surface area contributed by atoms with Crippen molar-refractivity contribution in [2.45, 2.75) is 46.2 Å². The van der Waals surface area contributed by atoms with Crippen molar-refractivity contribution in [3.8, 4) is 11.5 Å². The van der Waals surface area contributed by atoms with Crippen molar-refractivity contribution in [2.75, 3.05) is 19.9 Å². The minimum absolute atomic E-state index is 0.191. The number of urea groups is 1. The Bertz CT molecular complexity index is 794. The van der Waals surface area contributed by atoms with E-state index in [1.165, 1.54) is 0 Å². The van der Waals surface area contributed by atoms with E-state index in [0.717, 1.165) is 10.5 Å². The van der Waals surface area contributed by atoms with Crippen molar-refractivity contribution in [1.29, 1.82) is 0 Å². The van der Waals surface area contributed by atoms with E-state index >= 15 is 0 Å². The zero-order chi connectivity index (χ0) is 20.5. The Labute approximate surface area is 164 Å². The molecule has 2 aliphatic heterocycles. The Balaban J connectivity index is 1.67. The number of carbonyl (C=O) groups excluding carboxylic acids is 3. The third kappa shape index (κ3) is 3.90. The summed E-state index contributed by atoms with van der Waals surface area (Å²) in [4.78, 5) is 40.5. The topological polar surface area (TPSA) is 88.2 Å². The van der Waals surface area contributed by atoms with E-state index in [4.69, 9.17) is 9.47 Å². The molecule has 1 atom stereocenters. The van der Waals surface area contributed by atoms with Gasteiger partial charge in [-0.3, -0.25) is 14.5 Å². The van der Waals surface area contributed by atoms with Crippen LogP contribution in [0.4, 0.5) is 4.79 Å². The van der Waals surface area contributed by atoms with Gasteiger partial charge in [0, 0.05) is 13.1 Å². The maximum atomic E-state index is 12.8. The van der Waals surface area contributed by atoms with E-state index < -0.39 is 11.6 Å². The predicted octanol–water partition coefficient (Wildman–Crippen LogP) is 2.12. The molecule has 0 saturated carbocycles. The van der Waals surface area contributed by atoms with Gasteiger partial charge in [0.05, 0.1) is 0 Å². The van der Waals surface area contributed by atoms with E-state index in [2.05, 4.69) is 5.32 Å². The molecule has 0 spiro atoms. The van der Waals surface area contributed by atoms with Crippen LogP contribution in [0.1, 0.15) is 39.7 Å². The molecular weight excluding hydrogens is 362 g/mol. The van der Waals surface area contributed by atoms with Gasteiger partial charge in [0.15, 0.2) is 11.5 Å². The highest BCUT2D eigenvalue weighted by Crippen LogP contribution is 2.33. The van der Waals surface area contributed by atoms with E-state index in [0.29, 0.717) is 31.0 Å². The zero-order valence-corrected chi connectivity index (χ0v) is 16.8. The van der Waals surface area contributed by atoms with Gasteiger partial charge < -0.3 is 19.7 Å². The molecule has 8 heteroatoms. The Kier molecular flexibility index (Phi) is 5.49. The molecule has 152 valence electrons. The van der Waals surface area contributed by atoms with Crippen LogP contribution in [-0.2, 0) is 16.1 Å². The van der Waals surface area contributed by atoms with Crippen LogP contribution in [0.5, 0.6) is 11.5 Å². The molecule has 1 aromatic carbocycles. The highest BCUT2D eigenvalue weighted by molar-refractivity contribution is 6.08. The van der Waals surface area contributed by atoms with Crippen molar-refractivity contribution in [1.82, 2.24) is 15.1 Å². The van der Waals surface area contributed by atoms with Crippen molar-refractivity contribution in [2.24, 2.45) is 5.92 Å². The summed E-state index contributed by atoms with van der Waals surface area (Å²) in [5.74, 6) is 0.945. The smallest absolute Gasteiger partial charge is 0.325 e. The first kappa shape index (κ1) is 20.0. The highest BCUT2D eigenvalue weighted by atomic mass is 16.7. The van der Waals surface area contributed by atoms with Crippen LogP contribution >= 0.6 is 0 Å². The minimum Gasteiger partial charge on any atom is -0.454 e. The summed E-state index contributed by atoms with van der Waals surface area (Å²) in [6, 6.07) is 5.01. The molecule has 0 radical (unpaired) electrons. The summed E-state index contributed by atoms with van der Waals surface area (Å²) in [6.07, 6.45) is 0.525. The lowest BCUT2D eigenvalue weighted by atomic mass is 9.91. The second-order valence-corrected chi connectivity index (χ2v) is 7.85. The number of imide groups is 1. The lowest BCUT2D eigenvalue weighted by molar-refractivity contribution is -0.139. The summed E-state index contributed by atoms with van der Waals surface area (Å²) >= 11 is 0. The Morgan fingerprint density at radius 3 is 2.68 bits per heavy atom. The van der Waals surface area contributed by atoms with Gasteiger partial charge in [-0.25, -0.2) is 4.79 Å². The SMILES string of the molecule is CCN(Cc1ccc2c(c1)OCO2)C(=O)CN1C(=O)N[C@](C)(CC(C)C)C1=O. The van der Waals surface area contributed by atoms with Gasteiger partial charge in [-0.15, -0.1) is 0 Å². The third-order valence-corrected chi connectivity index (χ3v) is 5.00. The molecular formula is C20H27N3O5. The molecule has 1 fully saturated rings. The number of hydrogen-bond donors (Lipinski definition) is 1. The maximum Gasteiger partial charge on any atom is 0.325 e. The first-order valence-electron chi connectivity index (χ1n) is 9.54. The molecule has 3 rings (SSSR count). The van der Waals surface area contributed by atoms with Gasteiger partial charge in [0.1, 0.15) is 12.1 Å². The average Bonchev–Trinajstić information content (AvgIpc) is 3.17. The first-order chi connectivity index (χ1) is 13.2. The van der Waals surface area contributed by atoms with Crippen LogP contribution in [-0.4, -0.2) is 53.1 Å². The molecule has 0 aromatic heterocycles. The van der Waals surface area contributed by atoms with Gasteiger partial charge in [-0.2, -0.15) is 0 Å². The van der Waals surface area contributed by atoms with Gasteiger partial charge in [0.25, 0.3) is 5.91 Å². The average molecular weight is 389 g/mol. The van der Waals surface area contributed by atoms with Gasteiger partial charge >= 0.3 is 6.03 Å². The monoisotopic (exact) mass is 389 g/mol. The number of ether oxygens (including phenoxy) is 2. The maximum absolute atomic E-state index is 12.8. The van der Waals surface area contributed by atoms with Gasteiger partial charge in [-0.1, -0.05) is 19.9 Å². The van der Waals surface area contributed by atoms with E-state index in [9.17, 15) is 14.4 Å². The van der Waals surface area contributed by atoms with Gasteiger partial charge in [0.2, 0.25) is 12.7 Å². The summed E-state index contributed by atoms with van der Waals surface area (Å²) < 4.78 is 10.7. The lowest BCUT2D eigenvalue weighted by Crippen LogP contribution is -2.46. The number of amides is 4. The Hall–Kier alpha value is -2.77. The number of nitrogens with one attached hydrogen (secondary N) is 1. The van der Waals surface area contributed by atoms with Gasteiger partial charge in [-0.05, 0) is 43.9 Å². The van der Waals surface area contributed by atoms with Crippen LogP contribution in [0.15, 0.2) is 18.2 Å². The number of carbonyl (C=O) groups is 3. The predicted molar refractivity (Wildman–Crippen MR) is 102 cm³/mol. The number of nitrogens with zero attached hydrogens (tertiary/aromatic N) is 2. The molecule has 0 bridgehead atoms. The molecule has 1 saturated heterocycles.